The van der Waals surface area contributed by atoms with Crippen LogP contribution in [0.5, 0.6) is 11.5 Å². The highest BCUT2D eigenvalue weighted by Gasteiger charge is 2.30. The average molecular weight is 433 g/mol. The normalized spacial score (nSPS) is 16.0. The summed E-state index contributed by atoms with van der Waals surface area (Å²) in [5.41, 5.74) is 3.96. The number of carbonyl (C=O) groups excluding carboxylic acids is 1. The number of fused-ring (bicyclic) bond motifs is 1. The molecular weight excluding hydrogens is 408 g/mol. The van der Waals surface area contributed by atoms with Gasteiger partial charge in [0.15, 0.2) is 0 Å². The van der Waals surface area contributed by atoms with Crippen molar-refractivity contribution in [2.24, 2.45) is 0 Å². The average Bonchev–Trinajstić information content (AvgIpc) is 3.38. The number of hydrogen-bond donors (Lipinski definition) is 0. The second-order valence-corrected chi connectivity index (χ2v) is 8.72. The molecule has 0 atom stereocenters. The number of halogens is 1. The molecule has 2 heterocycles. The molecule has 158 valence electrons. The first-order valence-electron chi connectivity index (χ1n) is 10.8. The fraction of sp³-hybridized carbons (Fsp3) is 0.269. The summed E-state index contributed by atoms with van der Waals surface area (Å²) in [4.78, 5) is 17.3. The van der Waals surface area contributed by atoms with Crippen molar-refractivity contribution in [3.05, 3.63) is 94.0 Å². The van der Waals surface area contributed by atoms with Gasteiger partial charge < -0.3 is 9.64 Å². The number of benzene rings is 3. The van der Waals surface area contributed by atoms with Crippen molar-refractivity contribution in [3.8, 4) is 11.5 Å². The Labute approximate surface area is 188 Å². The first-order chi connectivity index (χ1) is 15.2. The molecule has 0 aliphatic carbocycles. The molecule has 5 rings (SSSR count). The number of carbonyl (C=O) groups is 1. The van der Waals surface area contributed by atoms with Crippen molar-refractivity contribution in [2.75, 3.05) is 13.1 Å². The fourth-order valence-electron chi connectivity index (χ4n) is 4.45. The molecule has 0 aromatic heterocycles. The minimum Gasteiger partial charge on any atom is -0.457 e. The van der Waals surface area contributed by atoms with Crippen LogP contribution in [0.25, 0.3) is 0 Å². The molecule has 3 aromatic rings. The maximum atomic E-state index is 13.0. The standard InChI is InChI=1S/C26H25ClN2O2/c27-24-15-20(16-28-12-4-5-13-28)14-21-18-29(26(30)25(21)24)17-19-8-10-23(11-9-19)31-22-6-2-1-3-7-22/h1-3,6-11,14-15H,4-5,12-13,16-18H2. The number of rotatable bonds is 6. The van der Waals surface area contributed by atoms with Gasteiger partial charge in [0, 0.05) is 19.6 Å². The van der Waals surface area contributed by atoms with Gasteiger partial charge in [-0.05, 0) is 73.0 Å². The van der Waals surface area contributed by atoms with Crippen LogP contribution in [0, 0.1) is 0 Å². The summed E-state index contributed by atoms with van der Waals surface area (Å²) in [6.45, 7) is 4.35. The zero-order valence-electron chi connectivity index (χ0n) is 17.4. The second-order valence-electron chi connectivity index (χ2n) is 8.32. The van der Waals surface area contributed by atoms with Crippen LogP contribution in [0.4, 0.5) is 0 Å². The molecule has 5 heteroatoms. The molecule has 1 amide bonds. The van der Waals surface area contributed by atoms with Gasteiger partial charge in [0.2, 0.25) is 0 Å². The van der Waals surface area contributed by atoms with Gasteiger partial charge in [0.25, 0.3) is 5.91 Å². The summed E-state index contributed by atoms with van der Waals surface area (Å²) in [6, 6.07) is 21.7. The number of hydrogen-bond acceptors (Lipinski definition) is 3. The predicted molar refractivity (Wildman–Crippen MR) is 122 cm³/mol. The Morgan fingerprint density at radius 1 is 0.839 bits per heavy atom. The molecule has 3 aromatic carbocycles. The molecule has 0 saturated carbocycles. The van der Waals surface area contributed by atoms with Crippen molar-refractivity contribution in [1.29, 1.82) is 0 Å². The van der Waals surface area contributed by atoms with E-state index in [1.165, 1.54) is 18.4 Å². The van der Waals surface area contributed by atoms with E-state index >= 15 is 0 Å². The van der Waals surface area contributed by atoms with Gasteiger partial charge >= 0.3 is 0 Å². The highest BCUT2D eigenvalue weighted by atomic mass is 35.5. The number of amides is 1. The van der Waals surface area contributed by atoms with Crippen molar-refractivity contribution in [2.45, 2.75) is 32.5 Å². The summed E-state index contributed by atoms with van der Waals surface area (Å²) in [7, 11) is 0. The summed E-state index contributed by atoms with van der Waals surface area (Å²) in [5.74, 6) is 1.60. The zero-order chi connectivity index (χ0) is 21.2. The molecule has 0 spiro atoms. The third-order valence-corrected chi connectivity index (χ3v) is 6.27. The molecule has 2 aliphatic rings. The van der Waals surface area contributed by atoms with Gasteiger partial charge in [-0.3, -0.25) is 9.69 Å². The van der Waals surface area contributed by atoms with Gasteiger partial charge in [0.05, 0.1) is 10.6 Å². The SMILES string of the molecule is O=C1c2c(Cl)cc(CN3CCCC3)cc2CN1Cc1ccc(Oc2ccccc2)cc1. The summed E-state index contributed by atoms with van der Waals surface area (Å²) >= 11 is 6.54. The van der Waals surface area contributed by atoms with E-state index in [1.807, 2.05) is 65.6 Å². The molecule has 4 nitrogen and oxygen atoms in total. The monoisotopic (exact) mass is 432 g/mol. The van der Waals surface area contributed by atoms with Crippen LogP contribution in [-0.4, -0.2) is 28.8 Å². The largest absolute Gasteiger partial charge is 0.457 e. The molecule has 1 fully saturated rings. The number of nitrogens with zero attached hydrogens (tertiary/aromatic N) is 2. The molecule has 0 N–H and O–H groups in total. The van der Waals surface area contributed by atoms with Crippen molar-refractivity contribution in [3.63, 3.8) is 0 Å². The smallest absolute Gasteiger partial charge is 0.256 e. The molecule has 31 heavy (non-hydrogen) atoms. The number of ether oxygens (including phenoxy) is 1. The zero-order valence-corrected chi connectivity index (χ0v) is 18.1. The Morgan fingerprint density at radius 2 is 1.55 bits per heavy atom. The van der Waals surface area contributed by atoms with Crippen molar-refractivity contribution < 1.29 is 9.53 Å². The molecule has 0 unspecified atom stereocenters. The molecular formula is C26H25ClN2O2. The van der Waals surface area contributed by atoms with Crippen LogP contribution < -0.4 is 4.74 Å². The first-order valence-corrected chi connectivity index (χ1v) is 11.2. The van der Waals surface area contributed by atoms with Gasteiger partial charge in [-0.15, -0.1) is 0 Å². The van der Waals surface area contributed by atoms with E-state index in [1.54, 1.807) is 0 Å². The van der Waals surface area contributed by atoms with Crippen LogP contribution in [0.2, 0.25) is 5.02 Å². The van der Waals surface area contributed by atoms with Gasteiger partial charge in [-0.1, -0.05) is 48.0 Å². The van der Waals surface area contributed by atoms with E-state index in [4.69, 9.17) is 16.3 Å². The van der Waals surface area contributed by atoms with Crippen LogP contribution >= 0.6 is 11.6 Å². The second kappa shape index (κ2) is 8.74. The van der Waals surface area contributed by atoms with Crippen molar-refractivity contribution in [1.82, 2.24) is 9.80 Å². The van der Waals surface area contributed by atoms with Crippen LogP contribution in [-0.2, 0) is 19.6 Å². The minimum atomic E-state index is 0.0114. The van der Waals surface area contributed by atoms with E-state index in [0.29, 0.717) is 23.7 Å². The lowest BCUT2D eigenvalue weighted by Gasteiger charge is -2.16. The Kier molecular flexibility index (Phi) is 5.66. The maximum absolute atomic E-state index is 13.0. The van der Waals surface area contributed by atoms with E-state index in [-0.39, 0.29) is 5.91 Å². The highest BCUT2D eigenvalue weighted by Crippen LogP contribution is 2.32. The van der Waals surface area contributed by atoms with Crippen LogP contribution in [0.15, 0.2) is 66.7 Å². The third-order valence-electron chi connectivity index (χ3n) is 5.97. The van der Waals surface area contributed by atoms with E-state index in [2.05, 4.69) is 11.0 Å². The van der Waals surface area contributed by atoms with Crippen LogP contribution in [0.1, 0.15) is 39.9 Å². The summed E-state index contributed by atoms with van der Waals surface area (Å²) < 4.78 is 5.86. The van der Waals surface area contributed by atoms with E-state index in [0.717, 1.165) is 42.3 Å². The lowest BCUT2D eigenvalue weighted by molar-refractivity contribution is 0.0767. The molecule has 2 aliphatic heterocycles. The fourth-order valence-corrected chi connectivity index (χ4v) is 4.79. The van der Waals surface area contributed by atoms with E-state index < -0.39 is 0 Å². The number of likely N-dealkylation sites (tertiary alicyclic amines) is 1. The number of para-hydroxylation sites is 1. The summed E-state index contributed by atoms with van der Waals surface area (Å²) in [6.07, 6.45) is 2.53. The molecule has 0 bridgehead atoms. The Balaban J connectivity index is 1.26. The lowest BCUT2D eigenvalue weighted by atomic mass is 10.1. The predicted octanol–water partition coefficient (Wildman–Crippen LogP) is 5.88. The maximum Gasteiger partial charge on any atom is 0.256 e. The highest BCUT2D eigenvalue weighted by molar-refractivity contribution is 6.34. The quantitative estimate of drug-likeness (QED) is 0.487. The Morgan fingerprint density at radius 3 is 2.29 bits per heavy atom. The lowest BCUT2D eigenvalue weighted by Crippen LogP contribution is -2.23. The van der Waals surface area contributed by atoms with Crippen LogP contribution in [0.3, 0.4) is 0 Å². The third kappa shape index (κ3) is 4.46. The Bertz CT molecular complexity index is 1080. The summed E-state index contributed by atoms with van der Waals surface area (Å²) in [5, 5.41) is 0.575. The topological polar surface area (TPSA) is 32.8 Å². The first kappa shape index (κ1) is 20.1. The van der Waals surface area contributed by atoms with Gasteiger partial charge in [-0.2, -0.15) is 0 Å². The van der Waals surface area contributed by atoms with Gasteiger partial charge in [-0.25, -0.2) is 0 Å². The minimum absolute atomic E-state index is 0.0114. The molecule has 1 saturated heterocycles. The van der Waals surface area contributed by atoms with E-state index in [9.17, 15) is 4.79 Å². The molecule has 0 radical (unpaired) electrons. The van der Waals surface area contributed by atoms with Gasteiger partial charge in [0.1, 0.15) is 11.5 Å². The van der Waals surface area contributed by atoms with Crippen molar-refractivity contribution >= 4 is 17.5 Å². The Hall–Kier alpha value is -2.82.